The van der Waals surface area contributed by atoms with E-state index in [0.717, 1.165) is 29.7 Å². The predicted octanol–water partition coefficient (Wildman–Crippen LogP) is 2.57. The third-order valence-electron chi connectivity index (χ3n) is 5.52. The second-order valence-electron chi connectivity index (χ2n) is 7.82. The van der Waals surface area contributed by atoms with E-state index in [0.29, 0.717) is 6.54 Å². The van der Waals surface area contributed by atoms with Crippen molar-refractivity contribution < 1.29 is 14.1 Å². The third-order valence-corrected chi connectivity index (χ3v) is 5.52. The van der Waals surface area contributed by atoms with Crippen molar-refractivity contribution in [2.45, 2.75) is 52.2 Å². The zero-order valence-electron chi connectivity index (χ0n) is 15.8. The lowest BCUT2D eigenvalue weighted by Crippen LogP contribution is -2.41. The topological polar surface area (TPSA) is 64.8 Å². The fourth-order valence-electron chi connectivity index (χ4n) is 3.27. The molecule has 1 aromatic carbocycles. The fraction of sp³-hybridized carbons (Fsp3) is 0.526. The largest absolute Gasteiger partial charge is 0.491 e. The number of hydrogen-bond acceptors (Lipinski definition) is 4. The van der Waals surface area contributed by atoms with Gasteiger partial charge >= 0.3 is 7.12 Å². The van der Waals surface area contributed by atoms with Gasteiger partial charge in [-0.15, -0.1) is 0 Å². The lowest BCUT2D eigenvalue weighted by molar-refractivity contribution is -0.116. The summed E-state index contributed by atoms with van der Waals surface area (Å²) in [6.45, 7) is 10.9. The molecule has 1 saturated heterocycles. The van der Waals surface area contributed by atoms with Crippen molar-refractivity contribution in [3.63, 3.8) is 0 Å². The van der Waals surface area contributed by atoms with Gasteiger partial charge in [-0.3, -0.25) is 4.79 Å². The lowest BCUT2D eigenvalue weighted by Gasteiger charge is -2.32. The SMILES string of the molecule is CC(=O)N1CCc2cc(C=C(CN)B3OC(C)(C)C(C)(C)O3)ccc21. The molecule has 0 aliphatic carbocycles. The van der Waals surface area contributed by atoms with Crippen LogP contribution in [0, 0.1) is 0 Å². The highest BCUT2D eigenvalue weighted by Crippen LogP contribution is 2.39. The van der Waals surface area contributed by atoms with Gasteiger partial charge < -0.3 is 19.9 Å². The summed E-state index contributed by atoms with van der Waals surface area (Å²) >= 11 is 0. The molecule has 2 N–H and O–H groups in total. The quantitative estimate of drug-likeness (QED) is 0.858. The maximum atomic E-state index is 11.7. The van der Waals surface area contributed by atoms with E-state index in [-0.39, 0.29) is 17.1 Å². The van der Waals surface area contributed by atoms with Gasteiger partial charge in [0.15, 0.2) is 0 Å². The molecule has 5 nitrogen and oxygen atoms in total. The summed E-state index contributed by atoms with van der Waals surface area (Å²) in [4.78, 5) is 13.5. The van der Waals surface area contributed by atoms with Crippen molar-refractivity contribution in [3.8, 4) is 0 Å². The minimum Gasteiger partial charge on any atom is -0.400 e. The molecule has 0 radical (unpaired) electrons. The number of amides is 1. The molecule has 3 rings (SSSR count). The minimum atomic E-state index is -0.433. The van der Waals surface area contributed by atoms with E-state index in [1.807, 2.05) is 50.8 Å². The van der Waals surface area contributed by atoms with Crippen molar-refractivity contribution in [1.82, 2.24) is 0 Å². The van der Waals surface area contributed by atoms with Crippen LogP contribution in [-0.2, 0) is 20.5 Å². The number of anilines is 1. The summed E-state index contributed by atoms with van der Waals surface area (Å²) < 4.78 is 12.2. The van der Waals surface area contributed by atoms with Crippen LogP contribution in [0.4, 0.5) is 5.69 Å². The first kappa shape index (κ1) is 18.2. The summed E-state index contributed by atoms with van der Waals surface area (Å²) in [6.07, 6.45) is 2.92. The average Bonchev–Trinajstić information content (AvgIpc) is 3.02. The second kappa shape index (κ2) is 6.27. The molecule has 2 aliphatic rings. The summed E-state index contributed by atoms with van der Waals surface area (Å²) in [6, 6.07) is 6.15. The van der Waals surface area contributed by atoms with Gasteiger partial charge in [-0.05, 0) is 62.8 Å². The van der Waals surface area contributed by atoms with E-state index in [1.54, 1.807) is 6.92 Å². The first-order valence-electron chi connectivity index (χ1n) is 8.82. The normalized spacial score (nSPS) is 21.6. The molecule has 0 saturated carbocycles. The van der Waals surface area contributed by atoms with Crippen LogP contribution in [0.5, 0.6) is 0 Å². The number of fused-ring (bicyclic) bond motifs is 1. The zero-order valence-corrected chi connectivity index (χ0v) is 15.8. The van der Waals surface area contributed by atoms with Crippen molar-refractivity contribution >= 4 is 24.8 Å². The molecule has 1 amide bonds. The van der Waals surface area contributed by atoms with Crippen LogP contribution in [0.15, 0.2) is 23.7 Å². The smallest absolute Gasteiger partial charge is 0.400 e. The van der Waals surface area contributed by atoms with Crippen LogP contribution in [-0.4, -0.2) is 37.3 Å². The summed E-state index contributed by atoms with van der Waals surface area (Å²) in [5.74, 6) is 0.0851. The van der Waals surface area contributed by atoms with Gasteiger partial charge in [-0.25, -0.2) is 0 Å². The Morgan fingerprint density at radius 1 is 1.28 bits per heavy atom. The number of benzene rings is 1. The Kier molecular flexibility index (Phi) is 4.56. The average molecular weight is 342 g/mol. The molecular formula is C19H27BN2O3. The summed E-state index contributed by atoms with van der Waals surface area (Å²) in [5, 5.41) is 0. The maximum absolute atomic E-state index is 11.7. The molecule has 134 valence electrons. The van der Waals surface area contributed by atoms with Crippen LogP contribution in [0.1, 0.15) is 45.7 Å². The van der Waals surface area contributed by atoms with Gasteiger partial charge in [-0.2, -0.15) is 0 Å². The number of carbonyl (C=O) groups excluding carboxylic acids is 1. The molecule has 1 aromatic rings. The number of nitrogens with two attached hydrogens (primary N) is 1. The zero-order chi connectivity index (χ0) is 18.4. The molecule has 0 spiro atoms. The van der Waals surface area contributed by atoms with Gasteiger partial charge in [0.25, 0.3) is 0 Å². The maximum Gasteiger partial charge on any atom is 0.491 e. The van der Waals surface area contributed by atoms with Gasteiger partial charge in [0, 0.05) is 25.7 Å². The van der Waals surface area contributed by atoms with Crippen LogP contribution in [0.3, 0.4) is 0 Å². The Bertz CT molecular complexity index is 711. The molecule has 0 aromatic heterocycles. The highest BCUT2D eigenvalue weighted by Gasteiger charge is 2.52. The van der Waals surface area contributed by atoms with Crippen molar-refractivity contribution in [2.24, 2.45) is 5.73 Å². The molecule has 0 atom stereocenters. The minimum absolute atomic E-state index is 0.0851. The Morgan fingerprint density at radius 2 is 1.92 bits per heavy atom. The van der Waals surface area contributed by atoms with Crippen molar-refractivity contribution in [1.29, 1.82) is 0 Å². The highest BCUT2D eigenvalue weighted by atomic mass is 16.7. The Labute approximate surface area is 150 Å². The second-order valence-corrected chi connectivity index (χ2v) is 7.82. The van der Waals surface area contributed by atoms with E-state index in [4.69, 9.17) is 15.0 Å². The first-order chi connectivity index (χ1) is 11.6. The Hall–Kier alpha value is -1.63. The number of nitrogens with zero attached hydrogens (tertiary/aromatic N) is 1. The molecular weight excluding hydrogens is 315 g/mol. The Morgan fingerprint density at radius 3 is 2.48 bits per heavy atom. The summed E-state index contributed by atoms with van der Waals surface area (Å²) in [5.41, 5.74) is 9.37. The third kappa shape index (κ3) is 3.26. The van der Waals surface area contributed by atoms with E-state index in [2.05, 4.69) is 6.07 Å². The fourth-order valence-corrected chi connectivity index (χ4v) is 3.27. The number of rotatable bonds is 3. The predicted molar refractivity (Wildman–Crippen MR) is 101 cm³/mol. The van der Waals surface area contributed by atoms with E-state index in [1.165, 1.54) is 5.56 Å². The molecule has 0 unspecified atom stereocenters. The van der Waals surface area contributed by atoms with Gasteiger partial charge in [0.2, 0.25) is 5.91 Å². The monoisotopic (exact) mass is 342 g/mol. The molecule has 1 fully saturated rings. The molecule has 2 aliphatic heterocycles. The van der Waals surface area contributed by atoms with Crippen LogP contribution < -0.4 is 10.6 Å². The first-order valence-corrected chi connectivity index (χ1v) is 8.82. The van der Waals surface area contributed by atoms with E-state index < -0.39 is 7.12 Å². The van der Waals surface area contributed by atoms with Gasteiger partial charge in [0.1, 0.15) is 0 Å². The van der Waals surface area contributed by atoms with Crippen molar-refractivity contribution in [2.75, 3.05) is 18.0 Å². The molecule has 2 heterocycles. The van der Waals surface area contributed by atoms with Crippen LogP contribution in [0.25, 0.3) is 6.08 Å². The van der Waals surface area contributed by atoms with Crippen molar-refractivity contribution in [3.05, 3.63) is 34.8 Å². The van der Waals surface area contributed by atoms with Gasteiger partial charge in [0.05, 0.1) is 11.2 Å². The van der Waals surface area contributed by atoms with Gasteiger partial charge in [-0.1, -0.05) is 12.1 Å². The van der Waals surface area contributed by atoms with E-state index >= 15 is 0 Å². The standard InChI is InChI=1S/C19H27BN2O3/c1-13(23)22-9-8-15-10-14(6-7-17(15)22)11-16(12-21)20-24-18(2,3)19(4,5)25-20/h6-7,10-11H,8-9,12,21H2,1-5H3. The Balaban J connectivity index is 1.86. The molecule has 25 heavy (non-hydrogen) atoms. The summed E-state index contributed by atoms with van der Waals surface area (Å²) in [7, 11) is -0.433. The molecule has 0 bridgehead atoms. The van der Waals surface area contributed by atoms with E-state index in [9.17, 15) is 4.79 Å². The molecule has 6 heteroatoms. The number of carbonyl (C=O) groups is 1. The van der Waals surface area contributed by atoms with Crippen LogP contribution >= 0.6 is 0 Å². The highest BCUT2D eigenvalue weighted by molar-refractivity contribution is 6.55. The lowest BCUT2D eigenvalue weighted by atomic mass is 9.77. The van der Waals surface area contributed by atoms with Crippen LogP contribution in [0.2, 0.25) is 0 Å². The number of hydrogen-bond donors (Lipinski definition) is 1.